The van der Waals surface area contributed by atoms with E-state index in [0.717, 1.165) is 0 Å². The zero-order valence-corrected chi connectivity index (χ0v) is 12.5. The molecule has 0 heterocycles. The van der Waals surface area contributed by atoms with Gasteiger partial charge in [-0.05, 0) is 43.3 Å². The molecule has 1 atom stereocenters. The minimum Gasteiger partial charge on any atom is -0.322 e. The van der Waals surface area contributed by atoms with E-state index in [9.17, 15) is 0 Å². The van der Waals surface area contributed by atoms with E-state index in [1.807, 2.05) is 0 Å². The normalized spacial score (nSPS) is 19.6. The van der Waals surface area contributed by atoms with Crippen LogP contribution in [0.3, 0.4) is 0 Å². The minimum atomic E-state index is 0.0751. The fourth-order valence-corrected chi connectivity index (χ4v) is 3.83. The molecule has 0 spiro atoms. The number of nitrogens with zero attached hydrogens (tertiary/aromatic N) is 1. The second kappa shape index (κ2) is 5.19. The van der Waals surface area contributed by atoms with E-state index < -0.39 is 0 Å². The van der Waals surface area contributed by atoms with Gasteiger partial charge in [-0.3, -0.25) is 0 Å². The molecule has 1 fully saturated rings. The summed E-state index contributed by atoms with van der Waals surface area (Å²) in [5, 5.41) is 2.59. The van der Waals surface area contributed by atoms with E-state index in [-0.39, 0.29) is 11.6 Å². The zero-order chi connectivity index (χ0) is 14.2. The molecule has 2 aromatic carbocycles. The van der Waals surface area contributed by atoms with Gasteiger partial charge in [0.1, 0.15) is 0 Å². The molecule has 20 heavy (non-hydrogen) atoms. The molecule has 0 bridgehead atoms. The first-order valence-electron chi connectivity index (χ1n) is 7.56. The van der Waals surface area contributed by atoms with Crippen molar-refractivity contribution >= 4 is 10.8 Å². The Morgan fingerprint density at radius 1 is 1.00 bits per heavy atom. The Labute approximate surface area is 121 Å². The molecule has 0 radical (unpaired) electrons. The van der Waals surface area contributed by atoms with E-state index in [1.54, 1.807) is 0 Å². The first-order chi connectivity index (χ1) is 9.65. The smallest absolute Gasteiger partial charge is 0.0488 e. The summed E-state index contributed by atoms with van der Waals surface area (Å²) in [4.78, 5) is 2.35. The molecule has 0 saturated heterocycles. The second-order valence-electron chi connectivity index (χ2n) is 6.25. The Balaban J connectivity index is 2.10. The molecular formula is C18H24N2. The van der Waals surface area contributed by atoms with Crippen molar-refractivity contribution in [2.24, 2.45) is 5.73 Å². The third kappa shape index (κ3) is 2.04. The van der Waals surface area contributed by atoms with Crippen LogP contribution in [0.5, 0.6) is 0 Å². The molecular weight excluding hydrogens is 244 g/mol. The zero-order valence-electron chi connectivity index (χ0n) is 12.5. The summed E-state index contributed by atoms with van der Waals surface area (Å²) in [5.41, 5.74) is 8.17. The SMILES string of the molecule is CN(C)C1(C(N)c2cccc3ccccc23)CCCC1. The maximum absolute atomic E-state index is 6.76. The van der Waals surface area contributed by atoms with E-state index in [4.69, 9.17) is 5.73 Å². The fraction of sp³-hybridized carbons (Fsp3) is 0.444. The van der Waals surface area contributed by atoms with E-state index in [2.05, 4.69) is 61.5 Å². The molecule has 1 aliphatic rings. The van der Waals surface area contributed by atoms with Crippen LogP contribution in [-0.2, 0) is 0 Å². The van der Waals surface area contributed by atoms with Crippen molar-refractivity contribution in [1.29, 1.82) is 0 Å². The highest BCUT2D eigenvalue weighted by Gasteiger charge is 2.42. The van der Waals surface area contributed by atoms with Crippen LogP contribution in [0, 0.1) is 0 Å². The summed E-state index contributed by atoms with van der Waals surface area (Å²) in [6.07, 6.45) is 4.97. The fourth-order valence-electron chi connectivity index (χ4n) is 3.83. The van der Waals surface area contributed by atoms with Gasteiger partial charge in [-0.15, -0.1) is 0 Å². The lowest BCUT2D eigenvalue weighted by atomic mass is 9.81. The van der Waals surface area contributed by atoms with Crippen molar-refractivity contribution in [3.63, 3.8) is 0 Å². The summed E-state index contributed by atoms with van der Waals surface area (Å²) in [6.45, 7) is 0. The van der Waals surface area contributed by atoms with Crippen LogP contribution in [0.25, 0.3) is 10.8 Å². The summed E-state index contributed by atoms with van der Waals surface area (Å²) >= 11 is 0. The van der Waals surface area contributed by atoms with Gasteiger partial charge in [0.25, 0.3) is 0 Å². The Morgan fingerprint density at radius 3 is 2.35 bits per heavy atom. The number of hydrogen-bond donors (Lipinski definition) is 1. The van der Waals surface area contributed by atoms with Crippen LogP contribution < -0.4 is 5.73 Å². The Hall–Kier alpha value is -1.38. The summed E-state index contributed by atoms with van der Waals surface area (Å²) in [7, 11) is 4.35. The lowest BCUT2D eigenvalue weighted by Crippen LogP contribution is -2.50. The molecule has 2 aromatic rings. The molecule has 1 saturated carbocycles. The average molecular weight is 268 g/mol. The van der Waals surface area contributed by atoms with Gasteiger partial charge < -0.3 is 10.6 Å². The highest BCUT2D eigenvalue weighted by molar-refractivity contribution is 5.86. The van der Waals surface area contributed by atoms with Crippen LogP contribution in [0.4, 0.5) is 0 Å². The molecule has 2 nitrogen and oxygen atoms in total. The van der Waals surface area contributed by atoms with Gasteiger partial charge in [0.2, 0.25) is 0 Å². The molecule has 0 amide bonds. The molecule has 0 aromatic heterocycles. The van der Waals surface area contributed by atoms with Gasteiger partial charge in [0.05, 0.1) is 0 Å². The number of rotatable bonds is 3. The van der Waals surface area contributed by atoms with E-state index in [0.29, 0.717) is 0 Å². The van der Waals surface area contributed by atoms with Crippen LogP contribution in [0.15, 0.2) is 42.5 Å². The van der Waals surface area contributed by atoms with Crippen LogP contribution in [0.2, 0.25) is 0 Å². The molecule has 1 unspecified atom stereocenters. The topological polar surface area (TPSA) is 29.3 Å². The largest absolute Gasteiger partial charge is 0.322 e. The maximum Gasteiger partial charge on any atom is 0.0488 e. The highest BCUT2D eigenvalue weighted by Crippen LogP contribution is 2.43. The van der Waals surface area contributed by atoms with Crippen molar-refractivity contribution in [2.75, 3.05) is 14.1 Å². The lowest BCUT2D eigenvalue weighted by Gasteiger charge is -2.42. The standard InChI is InChI=1S/C18H24N2/c1-20(2)18(12-5-6-13-18)17(19)16-11-7-9-14-8-3-4-10-15(14)16/h3-4,7-11,17H,5-6,12-13,19H2,1-2H3. The van der Waals surface area contributed by atoms with Gasteiger partial charge in [-0.25, -0.2) is 0 Å². The summed E-state index contributed by atoms with van der Waals surface area (Å²) in [6, 6.07) is 15.1. The van der Waals surface area contributed by atoms with Gasteiger partial charge in [0.15, 0.2) is 0 Å². The van der Waals surface area contributed by atoms with Gasteiger partial charge in [-0.1, -0.05) is 55.3 Å². The molecule has 2 N–H and O–H groups in total. The van der Waals surface area contributed by atoms with Gasteiger partial charge >= 0.3 is 0 Å². The van der Waals surface area contributed by atoms with Crippen molar-refractivity contribution in [3.05, 3.63) is 48.0 Å². The quantitative estimate of drug-likeness (QED) is 0.919. The van der Waals surface area contributed by atoms with Crippen molar-refractivity contribution in [1.82, 2.24) is 4.90 Å². The molecule has 1 aliphatic carbocycles. The monoisotopic (exact) mass is 268 g/mol. The summed E-state index contributed by atoms with van der Waals surface area (Å²) in [5.74, 6) is 0. The van der Waals surface area contributed by atoms with Gasteiger partial charge in [0, 0.05) is 11.6 Å². The number of benzene rings is 2. The van der Waals surface area contributed by atoms with E-state index in [1.165, 1.54) is 42.0 Å². The summed E-state index contributed by atoms with van der Waals surface area (Å²) < 4.78 is 0. The highest BCUT2D eigenvalue weighted by atomic mass is 15.2. The first kappa shape index (κ1) is 13.6. The third-order valence-corrected chi connectivity index (χ3v) is 5.10. The van der Waals surface area contributed by atoms with E-state index >= 15 is 0 Å². The Morgan fingerprint density at radius 2 is 1.65 bits per heavy atom. The van der Waals surface area contributed by atoms with Crippen LogP contribution >= 0.6 is 0 Å². The predicted octanol–water partition coefficient (Wildman–Crippen LogP) is 3.71. The Kier molecular flexibility index (Phi) is 3.53. The minimum absolute atomic E-state index is 0.0751. The van der Waals surface area contributed by atoms with Crippen molar-refractivity contribution in [3.8, 4) is 0 Å². The lowest BCUT2D eigenvalue weighted by molar-refractivity contribution is 0.124. The molecule has 3 rings (SSSR count). The number of fused-ring (bicyclic) bond motifs is 1. The third-order valence-electron chi connectivity index (χ3n) is 5.10. The van der Waals surface area contributed by atoms with Crippen molar-refractivity contribution < 1.29 is 0 Å². The van der Waals surface area contributed by atoms with Crippen molar-refractivity contribution in [2.45, 2.75) is 37.3 Å². The molecule has 106 valence electrons. The second-order valence-corrected chi connectivity index (χ2v) is 6.25. The molecule has 0 aliphatic heterocycles. The average Bonchev–Trinajstić information content (AvgIpc) is 2.97. The first-order valence-corrected chi connectivity index (χ1v) is 7.56. The van der Waals surface area contributed by atoms with Gasteiger partial charge in [-0.2, -0.15) is 0 Å². The number of nitrogens with two attached hydrogens (primary N) is 1. The number of likely N-dealkylation sites (N-methyl/N-ethyl adjacent to an activating group) is 1. The number of hydrogen-bond acceptors (Lipinski definition) is 2. The Bertz CT molecular complexity index is 592. The van der Waals surface area contributed by atoms with Crippen LogP contribution in [-0.4, -0.2) is 24.5 Å². The molecule has 2 heteroatoms. The van der Waals surface area contributed by atoms with Crippen LogP contribution in [0.1, 0.15) is 37.3 Å². The predicted molar refractivity (Wildman–Crippen MR) is 85.8 cm³/mol. The maximum atomic E-state index is 6.76.